The smallest absolute Gasteiger partial charge is 0.473 e. The lowest BCUT2D eigenvalue weighted by Gasteiger charge is -2.34. The lowest BCUT2D eigenvalue weighted by molar-refractivity contribution is -0.274. The van der Waals surface area contributed by atoms with Gasteiger partial charge in [0.2, 0.25) is 5.88 Å². The number of halogens is 6. The van der Waals surface area contributed by atoms with Gasteiger partial charge in [-0.05, 0) is 56.0 Å². The van der Waals surface area contributed by atoms with E-state index in [0.29, 0.717) is 12.4 Å². The molecule has 0 spiro atoms. The molecule has 2 aromatic carbocycles. The zero-order chi connectivity index (χ0) is 28.1. The molecule has 2 atom stereocenters. The van der Waals surface area contributed by atoms with Crippen LogP contribution >= 0.6 is 11.6 Å². The molecule has 13 heteroatoms. The van der Waals surface area contributed by atoms with E-state index in [9.17, 15) is 26.7 Å². The second kappa shape index (κ2) is 9.89. The summed E-state index contributed by atoms with van der Waals surface area (Å²) in [7, 11) is 0. The Labute approximate surface area is 224 Å². The fourth-order valence-electron chi connectivity index (χ4n) is 5.29. The molecular formula is C26H23ClF5N3O4. The van der Waals surface area contributed by atoms with Gasteiger partial charge in [-0.15, -0.1) is 13.2 Å². The molecule has 5 rings (SSSR count). The number of ether oxygens (including phenoxy) is 3. The third-order valence-electron chi connectivity index (χ3n) is 7.10. The van der Waals surface area contributed by atoms with E-state index in [1.54, 1.807) is 10.6 Å². The minimum Gasteiger partial charge on any atom is -0.473 e. The first-order valence-electron chi connectivity index (χ1n) is 12.1. The van der Waals surface area contributed by atoms with E-state index in [0.717, 1.165) is 49.6 Å². The zero-order valence-electron chi connectivity index (χ0n) is 20.8. The molecule has 0 aliphatic carbocycles. The van der Waals surface area contributed by atoms with E-state index in [1.165, 1.54) is 0 Å². The van der Waals surface area contributed by atoms with Gasteiger partial charge in [-0.2, -0.15) is 4.98 Å². The lowest BCUT2D eigenvalue weighted by Crippen LogP contribution is -2.43. The highest BCUT2D eigenvalue weighted by molar-refractivity contribution is 6.32. The Balaban J connectivity index is 1.31. The molecule has 2 unspecified atom stereocenters. The molecule has 2 aliphatic heterocycles. The predicted molar refractivity (Wildman–Crippen MR) is 132 cm³/mol. The summed E-state index contributed by atoms with van der Waals surface area (Å²) in [5, 5.41) is -0.465. The van der Waals surface area contributed by atoms with Crippen LogP contribution in [0.4, 0.5) is 27.8 Å². The zero-order valence-corrected chi connectivity index (χ0v) is 21.6. The summed E-state index contributed by atoms with van der Waals surface area (Å²) in [6.45, 7) is 4.46. The second-order valence-corrected chi connectivity index (χ2v) is 9.98. The Bertz CT molecular complexity index is 1460. The first-order valence-corrected chi connectivity index (χ1v) is 12.5. The standard InChI is InChI=1S/C26H23ClF5N3O4/c1-3-25-7-6-14(2)35(25)22-11-21(33-24(36)34(22)13-25)37-12-15-8-18(28)23(19(29)9-15)38-16-4-5-20(17(27)10-16)39-26(30,31)32/h4-5,8-11,14H,3,6-7,12-13H2,1-2H3. The minimum atomic E-state index is -4.96. The van der Waals surface area contributed by atoms with Crippen LogP contribution in [0.15, 0.2) is 41.2 Å². The number of fused-ring (bicyclic) bond motifs is 3. The summed E-state index contributed by atoms with van der Waals surface area (Å²) in [5.41, 5.74) is -0.489. The summed E-state index contributed by atoms with van der Waals surface area (Å²) >= 11 is 5.76. The van der Waals surface area contributed by atoms with Gasteiger partial charge in [-0.1, -0.05) is 18.5 Å². The fraction of sp³-hybridized carbons (Fsp3) is 0.385. The van der Waals surface area contributed by atoms with Crippen molar-refractivity contribution in [3.05, 3.63) is 69.1 Å². The highest BCUT2D eigenvalue weighted by atomic mass is 35.5. The summed E-state index contributed by atoms with van der Waals surface area (Å²) in [4.78, 5) is 18.9. The van der Waals surface area contributed by atoms with E-state index in [1.807, 2.05) is 0 Å². The SMILES string of the molecule is CCC12CCC(C)N1c1cc(OCc3cc(F)c(Oc4ccc(OC(F)(F)F)c(Cl)c4)c(F)c3)nc(=O)n1C2. The van der Waals surface area contributed by atoms with Crippen molar-refractivity contribution in [1.29, 1.82) is 0 Å². The predicted octanol–water partition coefficient (Wildman–Crippen LogP) is 6.60. The highest BCUT2D eigenvalue weighted by Crippen LogP contribution is 2.46. The molecule has 0 bridgehead atoms. The van der Waals surface area contributed by atoms with Crippen molar-refractivity contribution >= 4 is 17.4 Å². The van der Waals surface area contributed by atoms with Gasteiger partial charge in [0.15, 0.2) is 17.4 Å². The van der Waals surface area contributed by atoms with E-state index in [2.05, 4.69) is 28.5 Å². The Morgan fingerprint density at radius 1 is 1.15 bits per heavy atom. The van der Waals surface area contributed by atoms with Gasteiger partial charge in [0, 0.05) is 18.2 Å². The topological polar surface area (TPSA) is 65.8 Å². The van der Waals surface area contributed by atoms with Gasteiger partial charge in [0.1, 0.15) is 23.9 Å². The molecule has 3 aromatic rings. The molecule has 0 radical (unpaired) electrons. The van der Waals surface area contributed by atoms with Crippen molar-refractivity contribution in [2.45, 2.75) is 64.2 Å². The van der Waals surface area contributed by atoms with E-state index >= 15 is 0 Å². The number of hydrogen-bond donors (Lipinski definition) is 0. The van der Waals surface area contributed by atoms with E-state index in [4.69, 9.17) is 21.1 Å². The molecule has 0 amide bonds. The number of anilines is 1. The van der Waals surface area contributed by atoms with Gasteiger partial charge in [-0.25, -0.2) is 13.6 Å². The third kappa shape index (κ3) is 5.21. The molecule has 2 aliphatic rings. The maximum atomic E-state index is 14.7. The molecule has 208 valence electrons. The lowest BCUT2D eigenvalue weighted by atomic mass is 9.94. The number of hydrogen-bond acceptors (Lipinski definition) is 6. The quantitative estimate of drug-likeness (QED) is 0.298. The van der Waals surface area contributed by atoms with Crippen LogP contribution in [0.25, 0.3) is 0 Å². The minimum absolute atomic E-state index is 0.0363. The average Bonchev–Trinajstić information content (AvgIpc) is 3.36. The van der Waals surface area contributed by atoms with Crippen LogP contribution in [-0.4, -0.2) is 27.5 Å². The summed E-state index contributed by atoms with van der Waals surface area (Å²) in [5.74, 6) is -3.10. The number of alkyl halides is 3. The van der Waals surface area contributed by atoms with Crippen molar-refractivity contribution in [2.75, 3.05) is 4.90 Å². The van der Waals surface area contributed by atoms with Crippen LogP contribution in [-0.2, 0) is 13.2 Å². The molecule has 1 fully saturated rings. The van der Waals surface area contributed by atoms with Gasteiger partial charge in [0.05, 0.1) is 17.1 Å². The van der Waals surface area contributed by atoms with E-state index < -0.39 is 40.2 Å². The summed E-state index contributed by atoms with van der Waals surface area (Å²) < 4.78 is 82.9. The van der Waals surface area contributed by atoms with Crippen molar-refractivity contribution in [3.8, 4) is 23.1 Å². The number of benzene rings is 2. The van der Waals surface area contributed by atoms with Gasteiger partial charge in [-0.3, -0.25) is 4.57 Å². The molecule has 1 saturated heterocycles. The van der Waals surface area contributed by atoms with Crippen molar-refractivity contribution in [2.24, 2.45) is 0 Å². The van der Waals surface area contributed by atoms with Crippen LogP contribution < -0.4 is 24.8 Å². The first-order chi connectivity index (χ1) is 18.4. The van der Waals surface area contributed by atoms with Gasteiger partial charge in [0.25, 0.3) is 0 Å². The van der Waals surface area contributed by atoms with Crippen LogP contribution in [0.3, 0.4) is 0 Å². The normalized spacial score (nSPS) is 20.1. The summed E-state index contributed by atoms with van der Waals surface area (Å²) in [6, 6.07) is 6.69. The summed E-state index contributed by atoms with van der Waals surface area (Å²) in [6.07, 6.45) is -2.12. The van der Waals surface area contributed by atoms with Crippen LogP contribution in [0.1, 0.15) is 38.7 Å². The Morgan fingerprint density at radius 3 is 2.51 bits per heavy atom. The van der Waals surface area contributed by atoms with Crippen molar-refractivity contribution < 1.29 is 36.2 Å². The number of nitrogens with zero attached hydrogens (tertiary/aromatic N) is 3. The fourth-order valence-corrected chi connectivity index (χ4v) is 5.50. The Morgan fingerprint density at radius 2 is 1.87 bits per heavy atom. The largest absolute Gasteiger partial charge is 0.573 e. The molecule has 39 heavy (non-hydrogen) atoms. The van der Waals surface area contributed by atoms with Crippen molar-refractivity contribution in [1.82, 2.24) is 9.55 Å². The molecule has 3 heterocycles. The average molecular weight is 572 g/mol. The second-order valence-electron chi connectivity index (χ2n) is 9.58. The highest BCUT2D eigenvalue weighted by Gasteiger charge is 2.49. The van der Waals surface area contributed by atoms with Gasteiger partial charge >= 0.3 is 12.1 Å². The molecule has 7 nitrogen and oxygen atoms in total. The number of aromatic nitrogens is 2. The Kier molecular flexibility index (Phi) is 6.86. The van der Waals surface area contributed by atoms with Crippen LogP contribution in [0.2, 0.25) is 5.02 Å². The molecular weight excluding hydrogens is 549 g/mol. The van der Waals surface area contributed by atoms with Crippen molar-refractivity contribution in [3.63, 3.8) is 0 Å². The molecule has 0 saturated carbocycles. The third-order valence-corrected chi connectivity index (χ3v) is 7.39. The Hall–Kier alpha value is -3.54. The van der Waals surface area contributed by atoms with Crippen LogP contribution in [0, 0.1) is 11.6 Å². The number of rotatable bonds is 7. The van der Waals surface area contributed by atoms with Gasteiger partial charge < -0.3 is 19.1 Å². The van der Waals surface area contributed by atoms with E-state index in [-0.39, 0.29) is 35.4 Å². The monoisotopic (exact) mass is 571 g/mol. The first kappa shape index (κ1) is 27.0. The van der Waals surface area contributed by atoms with Crippen LogP contribution in [0.5, 0.6) is 23.1 Å². The maximum Gasteiger partial charge on any atom is 0.573 e. The molecule has 0 N–H and O–H groups in total. The molecule has 1 aromatic heterocycles. The maximum absolute atomic E-state index is 14.7.